The molecule has 0 atom stereocenters. The summed E-state index contributed by atoms with van der Waals surface area (Å²) in [7, 11) is 1.89. The van der Waals surface area contributed by atoms with Crippen LogP contribution in [0.3, 0.4) is 0 Å². The van der Waals surface area contributed by atoms with Crippen molar-refractivity contribution >= 4 is 5.71 Å². The van der Waals surface area contributed by atoms with E-state index < -0.39 is 0 Å². The van der Waals surface area contributed by atoms with Gasteiger partial charge in [-0.05, 0) is 14.0 Å². The Labute approximate surface area is 50.3 Å². The fraction of sp³-hybridized carbons (Fsp3) is 0.500. The van der Waals surface area contributed by atoms with Crippen molar-refractivity contribution in [3.8, 4) is 0 Å². The molecule has 0 bridgehead atoms. The molecular formula is C6H12N2. The quantitative estimate of drug-likeness (QED) is 0.537. The van der Waals surface area contributed by atoms with E-state index in [0.717, 1.165) is 12.3 Å². The van der Waals surface area contributed by atoms with E-state index >= 15 is 0 Å². The molecule has 0 aromatic heterocycles. The van der Waals surface area contributed by atoms with Crippen molar-refractivity contribution in [3.63, 3.8) is 0 Å². The Bertz CT molecular complexity index is 94.7. The van der Waals surface area contributed by atoms with Crippen LogP contribution in [0.5, 0.6) is 0 Å². The van der Waals surface area contributed by atoms with Gasteiger partial charge in [0.15, 0.2) is 0 Å². The molecule has 46 valence electrons. The fourth-order valence-electron chi connectivity index (χ4n) is 0.457. The smallest absolute Gasteiger partial charge is 0.0334 e. The third kappa shape index (κ3) is 3.56. The highest BCUT2D eigenvalue weighted by molar-refractivity contribution is 5.84. The third-order valence-electron chi connectivity index (χ3n) is 0.744. The van der Waals surface area contributed by atoms with Gasteiger partial charge in [-0.1, -0.05) is 6.58 Å². The van der Waals surface area contributed by atoms with Crippen LogP contribution in [0.1, 0.15) is 6.92 Å². The van der Waals surface area contributed by atoms with Crippen molar-refractivity contribution in [1.82, 2.24) is 5.32 Å². The molecule has 0 unspecified atom stereocenters. The van der Waals surface area contributed by atoms with Gasteiger partial charge in [-0.25, -0.2) is 0 Å². The Kier molecular flexibility index (Phi) is 4.17. The predicted octanol–water partition coefficient (Wildman–Crippen LogP) is 0.810. The van der Waals surface area contributed by atoms with Crippen molar-refractivity contribution < 1.29 is 0 Å². The van der Waals surface area contributed by atoms with Crippen molar-refractivity contribution in [2.24, 2.45) is 4.99 Å². The number of nitrogens with zero attached hydrogens (tertiary/aromatic N) is 1. The number of aliphatic imine (C=N–C) groups is 1. The van der Waals surface area contributed by atoms with E-state index in [2.05, 4.69) is 16.9 Å². The summed E-state index contributed by atoms with van der Waals surface area (Å²) in [6.45, 7) is 6.26. The highest BCUT2D eigenvalue weighted by Crippen LogP contribution is 1.73. The van der Waals surface area contributed by atoms with E-state index in [1.165, 1.54) is 0 Å². The molecule has 0 saturated carbocycles. The summed E-state index contributed by atoms with van der Waals surface area (Å²) < 4.78 is 0. The zero-order chi connectivity index (χ0) is 6.41. The molecule has 0 fully saturated rings. The van der Waals surface area contributed by atoms with Crippen molar-refractivity contribution in [3.05, 3.63) is 12.8 Å². The van der Waals surface area contributed by atoms with E-state index in [4.69, 9.17) is 0 Å². The first-order chi connectivity index (χ1) is 3.81. The molecule has 0 aliphatic heterocycles. The van der Waals surface area contributed by atoms with Crippen molar-refractivity contribution in [1.29, 1.82) is 0 Å². The maximum absolute atomic E-state index is 3.93. The average molecular weight is 112 g/mol. The van der Waals surface area contributed by atoms with Gasteiger partial charge in [-0.3, -0.25) is 4.99 Å². The Hall–Kier alpha value is -0.630. The maximum Gasteiger partial charge on any atom is 0.0334 e. The summed E-state index contributed by atoms with van der Waals surface area (Å²) in [5.74, 6) is 0. The molecule has 2 heteroatoms. The van der Waals surface area contributed by atoms with Crippen LogP contribution in [0, 0.1) is 0 Å². The van der Waals surface area contributed by atoms with E-state index in [1.54, 1.807) is 6.20 Å². The molecule has 0 radical (unpaired) electrons. The van der Waals surface area contributed by atoms with Crippen LogP contribution in [-0.2, 0) is 0 Å². The van der Waals surface area contributed by atoms with Gasteiger partial charge in [-0.15, -0.1) is 0 Å². The monoisotopic (exact) mass is 112 g/mol. The summed E-state index contributed by atoms with van der Waals surface area (Å²) in [4.78, 5) is 3.93. The van der Waals surface area contributed by atoms with Gasteiger partial charge in [0.25, 0.3) is 0 Å². The Morgan fingerprint density at radius 2 is 2.50 bits per heavy atom. The molecule has 0 aliphatic carbocycles. The van der Waals surface area contributed by atoms with Gasteiger partial charge in [0.05, 0.1) is 0 Å². The van der Waals surface area contributed by atoms with Gasteiger partial charge >= 0.3 is 0 Å². The lowest BCUT2D eigenvalue weighted by molar-refractivity contribution is 0.942. The first-order valence-electron chi connectivity index (χ1n) is 2.60. The standard InChI is InChI=1S/C6H12N2/c1-4-8-6(2)5-7-3/h4,7H,1,5H2,2-3H3/b8-6+. The zero-order valence-corrected chi connectivity index (χ0v) is 5.44. The summed E-state index contributed by atoms with van der Waals surface area (Å²) in [5, 5.41) is 2.97. The van der Waals surface area contributed by atoms with Crippen molar-refractivity contribution in [2.75, 3.05) is 13.6 Å². The van der Waals surface area contributed by atoms with E-state index in [9.17, 15) is 0 Å². The van der Waals surface area contributed by atoms with Gasteiger partial charge < -0.3 is 5.32 Å². The minimum atomic E-state index is 0.839. The lowest BCUT2D eigenvalue weighted by Crippen LogP contribution is -2.15. The molecule has 0 saturated heterocycles. The number of hydrogen-bond acceptors (Lipinski definition) is 2. The largest absolute Gasteiger partial charge is 0.315 e. The summed E-state index contributed by atoms with van der Waals surface area (Å²) in [6, 6.07) is 0. The van der Waals surface area contributed by atoms with Crippen LogP contribution < -0.4 is 5.32 Å². The average Bonchev–Trinajstić information content (AvgIpc) is 1.68. The van der Waals surface area contributed by atoms with E-state index in [-0.39, 0.29) is 0 Å². The maximum atomic E-state index is 3.93. The third-order valence-corrected chi connectivity index (χ3v) is 0.744. The van der Waals surface area contributed by atoms with Crippen LogP contribution in [-0.4, -0.2) is 19.3 Å². The molecule has 8 heavy (non-hydrogen) atoms. The van der Waals surface area contributed by atoms with Gasteiger partial charge in [0, 0.05) is 18.5 Å². The predicted molar refractivity (Wildman–Crippen MR) is 37.2 cm³/mol. The lowest BCUT2D eigenvalue weighted by Gasteiger charge is -1.93. The van der Waals surface area contributed by atoms with E-state index in [1.807, 2.05) is 14.0 Å². The van der Waals surface area contributed by atoms with Gasteiger partial charge in [0.2, 0.25) is 0 Å². The molecule has 0 heterocycles. The molecule has 2 nitrogen and oxygen atoms in total. The summed E-state index contributed by atoms with van der Waals surface area (Å²) >= 11 is 0. The first-order valence-corrected chi connectivity index (χ1v) is 2.60. The van der Waals surface area contributed by atoms with Crippen LogP contribution >= 0.6 is 0 Å². The first kappa shape index (κ1) is 7.37. The second-order valence-corrected chi connectivity index (χ2v) is 1.58. The number of nitrogens with one attached hydrogen (secondary N) is 1. The minimum Gasteiger partial charge on any atom is -0.315 e. The van der Waals surface area contributed by atoms with Crippen LogP contribution in [0.2, 0.25) is 0 Å². The molecule has 0 amide bonds. The second kappa shape index (κ2) is 4.53. The van der Waals surface area contributed by atoms with Crippen LogP contribution in [0.4, 0.5) is 0 Å². The highest BCUT2D eigenvalue weighted by atomic mass is 14.8. The molecule has 0 rings (SSSR count). The molecular weight excluding hydrogens is 100 g/mol. The number of rotatable bonds is 3. The Balaban J connectivity index is 3.44. The van der Waals surface area contributed by atoms with Gasteiger partial charge in [0.1, 0.15) is 0 Å². The highest BCUT2D eigenvalue weighted by Gasteiger charge is 1.81. The molecule has 0 aromatic rings. The Morgan fingerprint density at radius 1 is 1.88 bits per heavy atom. The van der Waals surface area contributed by atoms with Crippen molar-refractivity contribution in [2.45, 2.75) is 6.92 Å². The normalized spacial score (nSPS) is 11.5. The molecule has 0 aromatic carbocycles. The summed E-state index contributed by atoms with van der Waals surface area (Å²) in [6.07, 6.45) is 1.55. The van der Waals surface area contributed by atoms with Crippen LogP contribution in [0.15, 0.2) is 17.8 Å². The lowest BCUT2D eigenvalue weighted by atomic mass is 10.4. The minimum absolute atomic E-state index is 0.839. The SMILES string of the molecule is C=C/N=C(\C)CNC. The van der Waals surface area contributed by atoms with Crippen LogP contribution in [0.25, 0.3) is 0 Å². The number of hydrogen-bond donors (Lipinski definition) is 1. The zero-order valence-electron chi connectivity index (χ0n) is 5.44. The Morgan fingerprint density at radius 3 is 2.88 bits per heavy atom. The topological polar surface area (TPSA) is 24.4 Å². The molecule has 0 spiro atoms. The fourth-order valence-corrected chi connectivity index (χ4v) is 0.457. The summed E-state index contributed by atoms with van der Waals surface area (Å²) in [5.41, 5.74) is 1.06. The second-order valence-electron chi connectivity index (χ2n) is 1.58. The molecule has 0 aliphatic rings. The van der Waals surface area contributed by atoms with E-state index in [0.29, 0.717) is 0 Å². The van der Waals surface area contributed by atoms with Gasteiger partial charge in [-0.2, -0.15) is 0 Å². The molecule has 1 N–H and O–H groups in total.